The number of phosphoric acid groups is 2. The molecule has 24 heteroatoms. The van der Waals surface area contributed by atoms with Gasteiger partial charge in [-0.2, -0.15) is 0 Å². The third-order valence-electron chi connectivity index (χ3n) is 14.5. The van der Waals surface area contributed by atoms with Gasteiger partial charge in [0, 0.05) is 6.42 Å². The number of amides is 2. The molecule has 0 spiro atoms. The molecule has 12 atom stereocenters. The van der Waals surface area contributed by atoms with Crippen LogP contribution in [0.5, 0.6) is 0 Å². The van der Waals surface area contributed by atoms with E-state index in [-0.39, 0.29) is 6.42 Å². The number of rotatable bonds is 47. The van der Waals surface area contributed by atoms with Gasteiger partial charge in [0.25, 0.3) is 0 Å². The van der Waals surface area contributed by atoms with Crippen LogP contribution in [0.25, 0.3) is 0 Å². The van der Waals surface area contributed by atoms with E-state index in [0.29, 0.717) is 32.1 Å². The lowest BCUT2D eigenvalue weighted by Crippen LogP contribution is -2.67. The average Bonchev–Trinajstić information content (AvgIpc) is 3.38. The van der Waals surface area contributed by atoms with E-state index in [4.69, 9.17) is 28.0 Å². The Balaban J connectivity index is 2.19. The monoisotopic (exact) mass is 1160 g/mol. The predicted molar refractivity (Wildman–Crippen MR) is 292 cm³/mol. The maximum absolute atomic E-state index is 13.9. The van der Waals surface area contributed by atoms with Crippen LogP contribution in [0.1, 0.15) is 239 Å². The molecule has 0 aromatic heterocycles. The average molecular weight is 1160 g/mol. The van der Waals surface area contributed by atoms with E-state index in [1.807, 2.05) is 0 Å². The van der Waals surface area contributed by atoms with Gasteiger partial charge in [0.05, 0.1) is 32.2 Å². The first-order valence-electron chi connectivity index (χ1n) is 29.7. The lowest BCUT2D eigenvalue weighted by atomic mass is 9.95. The molecule has 2 saturated heterocycles. The van der Waals surface area contributed by atoms with Crippen LogP contribution in [-0.4, -0.2) is 150 Å². The molecule has 0 aromatic rings. The molecule has 78 heavy (non-hydrogen) atoms. The van der Waals surface area contributed by atoms with Crippen molar-refractivity contribution in [3.05, 3.63) is 0 Å². The predicted octanol–water partition coefficient (Wildman–Crippen LogP) is 7.68. The van der Waals surface area contributed by atoms with Gasteiger partial charge >= 0.3 is 21.6 Å². The molecule has 0 aliphatic carbocycles. The number of carbonyl (C=O) groups excluding carboxylic acids is 3. The van der Waals surface area contributed by atoms with Crippen LogP contribution < -0.4 is 10.6 Å². The van der Waals surface area contributed by atoms with E-state index < -0.39 is 133 Å². The molecule has 22 nitrogen and oxygen atoms in total. The van der Waals surface area contributed by atoms with Gasteiger partial charge < -0.3 is 74.7 Å². The maximum Gasteiger partial charge on any atom is 0.472 e. The van der Waals surface area contributed by atoms with Crippen LogP contribution in [0.2, 0.25) is 0 Å². The first-order chi connectivity index (χ1) is 37.2. The summed E-state index contributed by atoms with van der Waals surface area (Å²) in [7, 11) is -10.8. The number of hydrogen-bond acceptors (Lipinski definition) is 16. The summed E-state index contributed by atoms with van der Waals surface area (Å²) in [6.07, 6.45) is 13.4. The summed E-state index contributed by atoms with van der Waals surface area (Å²) in [5.41, 5.74) is 0. The van der Waals surface area contributed by atoms with Crippen molar-refractivity contribution in [2.24, 2.45) is 0 Å². The van der Waals surface area contributed by atoms with Gasteiger partial charge in [-0.05, 0) is 25.7 Å². The molecule has 0 bridgehead atoms. The lowest BCUT2D eigenvalue weighted by Gasteiger charge is -2.45. The minimum Gasteiger partial charge on any atom is -0.462 e. The number of aliphatic hydroxyl groups excluding tert-OH is 5. The fourth-order valence-corrected chi connectivity index (χ4v) is 11.1. The number of esters is 1. The summed E-state index contributed by atoms with van der Waals surface area (Å²) in [5.74, 6) is -2.11. The Kier molecular flexibility index (Phi) is 39.1. The second-order valence-electron chi connectivity index (χ2n) is 21.6. The van der Waals surface area contributed by atoms with Crippen LogP contribution in [-0.2, 0) is 51.5 Å². The van der Waals surface area contributed by atoms with E-state index >= 15 is 0 Å². The topological polar surface area (TPSA) is 347 Å². The number of ether oxygens (including phenoxy) is 4. The molecule has 0 saturated carbocycles. The highest BCUT2D eigenvalue weighted by molar-refractivity contribution is 7.46. The molecule has 2 heterocycles. The number of unbranched alkanes of at least 4 members (excludes halogenated alkanes) is 26. The molecule has 0 aromatic carbocycles. The Labute approximate surface area is 465 Å². The summed E-state index contributed by atoms with van der Waals surface area (Å²) in [4.78, 5) is 79.2. The molecule has 460 valence electrons. The normalized spacial score (nSPS) is 24.7. The Morgan fingerprint density at radius 1 is 0.513 bits per heavy atom. The summed E-state index contributed by atoms with van der Waals surface area (Å²) in [5, 5.41) is 59.8. The zero-order valence-electron chi connectivity index (χ0n) is 47.3. The molecule has 2 aliphatic heterocycles. The fourth-order valence-electron chi connectivity index (χ4n) is 10.1. The lowest BCUT2D eigenvalue weighted by molar-refractivity contribution is -0.294. The third-order valence-corrected chi connectivity index (χ3v) is 15.5. The first-order valence-corrected chi connectivity index (χ1v) is 32.8. The molecule has 2 rings (SSSR count). The summed E-state index contributed by atoms with van der Waals surface area (Å²) >= 11 is 0. The summed E-state index contributed by atoms with van der Waals surface area (Å²) in [6, 6.07) is -3.52. The van der Waals surface area contributed by atoms with Crippen molar-refractivity contribution >= 4 is 33.4 Å². The highest BCUT2D eigenvalue weighted by Gasteiger charge is 2.52. The van der Waals surface area contributed by atoms with Crippen molar-refractivity contribution < 1.29 is 96.6 Å². The second kappa shape index (κ2) is 42.2. The number of nitrogens with one attached hydrogen (secondary N) is 2. The molecule has 11 N–H and O–H groups in total. The van der Waals surface area contributed by atoms with Crippen molar-refractivity contribution in [2.45, 2.75) is 313 Å². The van der Waals surface area contributed by atoms with Crippen LogP contribution in [0.3, 0.4) is 0 Å². The van der Waals surface area contributed by atoms with Crippen molar-refractivity contribution in [1.82, 2.24) is 10.6 Å². The largest absolute Gasteiger partial charge is 0.472 e. The maximum atomic E-state index is 13.9. The quantitative estimate of drug-likeness (QED) is 0.0158. The van der Waals surface area contributed by atoms with E-state index in [1.54, 1.807) is 0 Å². The standard InChI is InChI=1S/C54H104N2O20P2/c1-4-7-10-13-16-19-20-23-26-29-32-35-46(61)72-41(34-31-28-25-22-18-15-12-9-6-3)37-45(60)56-48-51(64)52(75-77(65,66)67)42(38-57)73-53(48)71-39-43-49(62)50(63)47(54(74-43)76-78(68,69)70)55-44(59)36-40(58)33-30-27-24-21-17-14-11-8-5-2/h40-43,47-54,57-58,62-64H,4-39H2,1-3H3,(H,55,59)(H,56,60)(H2,65,66,67)(H2,68,69,70)/t40-,41-,42-,43-,47+,48+,49-,50-,51-,52-,53-,54+/m1/s1. The number of hydrogen-bond donors (Lipinski definition) is 11. The van der Waals surface area contributed by atoms with Gasteiger partial charge in [0.15, 0.2) is 12.6 Å². The van der Waals surface area contributed by atoms with Crippen molar-refractivity contribution in [2.75, 3.05) is 13.2 Å². The molecular weight excluding hydrogens is 1060 g/mol. The number of phosphoric ester groups is 2. The summed E-state index contributed by atoms with van der Waals surface area (Å²) in [6.45, 7) is 4.68. The van der Waals surface area contributed by atoms with E-state index in [1.165, 1.54) is 77.0 Å². The molecular formula is C54H104N2O20P2. The Morgan fingerprint density at radius 2 is 0.923 bits per heavy atom. The van der Waals surface area contributed by atoms with Crippen molar-refractivity contribution in [1.29, 1.82) is 0 Å². The molecule has 2 aliphatic rings. The molecule has 2 amide bonds. The van der Waals surface area contributed by atoms with Crippen LogP contribution in [0.4, 0.5) is 0 Å². The van der Waals surface area contributed by atoms with E-state index in [2.05, 4.69) is 31.4 Å². The van der Waals surface area contributed by atoms with Gasteiger partial charge in [-0.1, -0.05) is 194 Å². The summed E-state index contributed by atoms with van der Waals surface area (Å²) < 4.78 is 56.9. The van der Waals surface area contributed by atoms with Crippen molar-refractivity contribution in [3.63, 3.8) is 0 Å². The van der Waals surface area contributed by atoms with Crippen LogP contribution in [0.15, 0.2) is 0 Å². The van der Waals surface area contributed by atoms with E-state index in [9.17, 15) is 68.6 Å². The highest BCUT2D eigenvalue weighted by atomic mass is 31.2. The Morgan fingerprint density at radius 3 is 1.38 bits per heavy atom. The smallest absolute Gasteiger partial charge is 0.462 e. The van der Waals surface area contributed by atoms with Gasteiger partial charge in [-0.15, -0.1) is 0 Å². The van der Waals surface area contributed by atoms with Crippen LogP contribution in [0, 0.1) is 0 Å². The van der Waals surface area contributed by atoms with Crippen LogP contribution >= 0.6 is 15.6 Å². The Hall–Kier alpha value is -1.69. The minimum atomic E-state index is -5.42. The molecule has 2 fully saturated rings. The fraction of sp³-hybridized carbons (Fsp3) is 0.944. The van der Waals surface area contributed by atoms with Gasteiger partial charge in [0.1, 0.15) is 54.8 Å². The zero-order chi connectivity index (χ0) is 57.8. The number of carbonyl (C=O) groups is 3. The minimum absolute atomic E-state index is 0.154. The van der Waals surface area contributed by atoms with Crippen molar-refractivity contribution in [3.8, 4) is 0 Å². The van der Waals surface area contributed by atoms with Gasteiger partial charge in [0.2, 0.25) is 11.8 Å². The number of aliphatic hydroxyl groups is 5. The highest BCUT2D eigenvalue weighted by Crippen LogP contribution is 2.43. The first kappa shape index (κ1) is 72.4. The zero-order valence-corrected chi connectivity index (χ0v) is 49.1. The molecule has 0 unspecified atom stereocenters. The second-order valence-corrected chi connectivity index (χ2v) is 24.0. The van der Waals surface area contributed by atoms with Gasteiger partial charge in [-0.3, -0.25) is 23.4 Å². The molecule has 0 radical (unpaired) electrons. The SMILES string of the molecule is CCCCCCCCCCCCCC(=O)O[C@H](CCCCCCCCCCC)CC(=O)N[C@@H]1[C@H](OC[C@H]2O[C@@H](OP(=O)(O)O)[C@@H](NC(=O)C[C@H](O)CCCCCCCCCCC)[C@@H](O)[C@@H]2O)O[C@H](CO)[C@@H](OP(=O)(O)O)[C@@H]1O. The van der Waals surface area contributed by atoms with E-state index in [0.717, 1.165) is 89.9 Å². The Bertz CT molecular complexity index is 1680. The third kappa shape index (κ3) is 32.8. The van der Waals surface area contributed by atoms with Gasteiger partial charge in [-0.25, -0.2) is 9.13 Å².